The number of rotatable bonds is 3. The zero-order chi connectivity index (χ0) is 15.1. The van der Waals surface area contributed by atoms with Gasteiger partial charge in [-0.2, -0.15) is 0 Å². The topological polar surface area (TPSA) is 47.7 Å². The highest BCUT2D eigenvalue weighted by molar-refractivity contribution is 5.48. The molecule has 1 aromatic heterocycles. The Morgan fingerprint density at radius 3 is 3.00 bits per heavy atom. The lowest BCUT2D eigenvalue weighted by Crippen LogP contribution is -2.23. The van der Waals surface area contributed by atoms with Crippen LogP contribution in [0.25, 0.3) is 0 Å². The van der Waals surface area contributed by atoms with Crippen LogP contribution in [0, 0.1) is 13.8 Å². The summed E-state index contributed by atoms with van der Waals surface area (Å²) in [7, 11) is 0. The summed E-state index contributed by atoms with van der Waals surface area (Å²) in [6, 6.07) is 6.49. The second-order valence-corrected chi connectivity index (χ2v) is 6.02. The zero-order valence-corrected chi connectivity index (χ0v) is 13.0. The van der Waals surface area contributed by atoms with Crippen molar-refractivity contribution in [2.45, 2.75) is 39.3 Å². The van der Waals surface area contributed by atoms with Gasteiger partial charge in [-0.25, -0.2) is 0 Å². The maximum Gasteiger partial charge on any atom is 0.231 e. The molecule has 0 bridgehead atoms. The molecule has 0 amide bonds. The molecule has 0 unspecified atom stereocenters. The summed E-state index contributed by atoms with van der Waals surface area (Å²) < 4.78 is 16.5. The summed E-state index contributed by atoms with van der Waals surface area (Å²) in [5.74, 6) is 2.68. The van der Waals surface area contributed by atoms with Crippen LogP contribution >= 0.6 is 0 Å². The maximum atomic E-state index is 5.63. The van der Waals surface area contributed by atoms with Crippen LogP contribution in [0.3, 0.4) is 0 Å². The summed E-state index contributed by atoms with van der Waals surface area (Å²) in [4.78, 5) is 2.49. The Balaban J connectivity index is 1.62. The van der Waals surface area contributed by atoms with Crippen LogP contribution in [0.2, 0.25) is 0 Å². The van der Waals surface area contributed by atoms with E-state index >= 15 is 0 Å². The predicted molar refractivity (Wildman–Crippen MR) is 80.9 cm³/mol. The standard InChI is InChI=1S/C17H20N2O3/c1-11-16(12(2)22-18-11)14-6-4-8-19(14)9-13-5-3-7-15-17(13)21-10-20-15/h3,5,7,14H,4,6,8-10H2,1-2H3/t14-/m0/s1. The van der Waals surface area contributed by atoms with E-state index in [9.17, 15) is 0 Å². The number of ether oxygens (including phenoxy) is 2. The molecule has 1 atom stereocenters. The van der Waals surface area contributed by atoms with Gasteiger partial charge < -0.3 is 14.0 Å². The van der Waals surface area contributed by atoms with E-state index in [0.717, 1.165) is 42.5 Å². The number of hydrogen-bond donors (Lipinski definition) is 0. The maximum absolute atomic E-state index is 5.63. The van der Waals surface area contributed by atoms with E-state index in [1.54, 1.807) is 0 Å². The second kappa shape index (κ2) is 5.32. The lowest BCUT2D eigenvalue weighted by Gasteiger charge is -2.25. The minimum absolute atomic E-state index is 0.319. The van der Waals surface area contributed by atoms with Crippen LogP contribution in [-0.2, 0) is 6.54 Å². The number of benzene rings is 1. The molecule has 1 fully saturated rings. The summed E-state index contributed by atoms with van der Waals surface area (Å²) in [6.45, 7) is 6.29. The third-order valence-corrected chi connectivity index (χ3v) is 4.64. The minimum atomic E-state index is 0.319. The van der Waals surface area contributed by atoms with Crippen molar-refractivity contribution >= 4 is 0 Å². The van der Waals surface area contributed by atoms with Crippen LogP contribution in [0.5, 0.6) is 11.5 Å². The Labute approximate surface area is 129 Å². The van der Waals surface area contributed by atoms with Crippen LogP contribution in [0.4, 0.5) is 0 Å². The van der Waals surface area contributed by atoms with Crippen molar-refractivity contribution in [3.63, 3.8) is 0 Å². The van der Waals surface area contributed by atoms with Gasteiger partial charge in [0.15, 0.2) is 11.5 Å². The molecule has 0 N–H and O–H groups in total. The van der Waals surface area contributed by atoms with E-state index < -0.39 is 0 Å². The second-order valence-electron chi connectivity index (χ2n) is 6.02. The van der Waals surface area contributed by atoms with E-state index in [2.05, 4.69) is 16.1 Å². The summed E-state index contributed by atoms with van der Waals surface area (Å²) in [5, 5.41) is 4.11. The highest BCUT2D eigenvalue weighted by Gasteiger charge is 2.31. The fourth-order valence-electron chi connectivity index (χ4n) is 3.64. The van der Waals surface area contributed by atoms with Gasteiger partial charge in [-0.05, 0) is 39.3 Å². The van der Waals surface area contributed by atoms with Crippen LogP contribution < -0.4 is 9.47 Å². The van der Waals surface area contributed by atoms with Crippen molar-refractivity contribution in [3.05, 3.63) is 40.8 Å². The molecule has 5 heteroatoms. The van der Waals surface area contributed by atoms with E-state index in [0.29, 0.717) is 12.8 Å². The summed E-state index contributed by atoms with van der Waals surface area (Å²) in [6.07, 6.45) is 2.34. The molecule has 1 saturated heterocycles. The molecule has 4 rings (SSSR count). The van der Waals surface area contributed by atoms with Gasteiger partial charge in [-0.3, -0.25) is 4.90 Å². The molecule has 0 radical (unpaired) electrons. The van der Waals surface area contributed by atoms with Crippen molar-refractivity contribution in [2.75, 3.05) is 13.3 Å². The number of nitrogens with zero attached hydrogens (tertiary/aromatic N) is 2. The number of para-hydroxylation sites is 1. The molecule has 2 aliphatic rings. The Hall–Kier alpha value is -2.01. The normalized spacial score (nSPS) is 20.7. The lowest BCUT2D eigenvalue weighted by atomic mass is 10.0. The first-order valence-electron chi connectivity index (χ1n) is 7.78. The van der Waals surface area contributed by atoms with Gasteiger partial charge in [0.2, 0.25) is 6.79 Å². The molecule has 0 aliphatic carbocycles. The van der Waals surface area contributed by atoms with Crippen molar-refractivity contribution in [1.29, 1.82) is 0 Å². The molecule has 2 aliphatic heterocycles. The number of fused-ring (bicyclic) bond motifs is 1. The molecule has 22 heavy (non-hydrogen) atoms. The number of likely N-dealkylation sites (tertiary alicyclic amines) is 1. The SMILES string of the molecule is Cc1noc(C)c1[C@@H]1CCCN1Cc1cccc2c1OCO2. The van der Waals surface area contributed by atoms with Gasteiger partial charge in [0.1, 0.15) is 5.76 Å². The largest absolute Gasteiger partial charge is 0.454 e. The molecular formula is C17H20N2O3. The average Bonchev–Trinajstić information content (AvgIpc) is 3.21. The third-order valence-electron chi connectivity index (χ3n) is 4.64. The number of aryl methyl sites for hydroxylation is 2. The summed E-state index contributed by atoms with van der Waals surface area (Å²) in [5.41, 5.74) is 3.45. The molecule has 1 aromatic carbocycles. The van der Waals surface area contributed by atoms with Crippen molar-refractivity contribution in [1.82, 2.24) is 10.1 Å². The number of hydrogen-bond acceptors (Lipinski definition) is 5. The molecular weight excluding hydrogens is 280 g/mol. The van der Waals surface area contributed by atoms with Crippen molar-refractivity contribution < 1.29 is 14.0 Å². The first kappa shape index (κ1) is 13.6. The lowest BCUT2D eigenvalue weighted by molar-refractivity contribution is 0.171. The molecule has 3 heterocycles. The first-order chi connectivity index (χ1) is 10.7. The Morgan fingerprint density at radius 2 is 2.18 bits per heavy atom. The quantitative estimate of drug-likeness (QED) is 0.870. The highest BCUT2D eigenvalue weighted by Crippen LogP contribution is 2.40. The van der Waals surface area contributed by atoms with E-state index in [1.807, 2.05) is 26.0 Å². The monoisotopic (exact) mass is 300 g/mol. The molecule has 0 saturated carbocycles. The van der Waals surface area contributed by atoms with E-state index in [4.69, 9.17) is 14.0 Å². The van der Waals surface area contributed by atoms with E-state index in [1.165, 1.54) is 17.5 Å². The Kier molecular flexibility index (Phi) is 3.30. The fraction of sp³-hybridized carbons (Fsp3) is 0.471. The van der Waals surface area contributed by atoms with Gasteiger partial charge >= 0.3 is 0 Å². The Morgan fingerprint density at radius 1 is 1.27 bits per heavy atom. The predicted octanol–water partition coefficient (Wildman–Crippen LogP) is 3.36. The van der Waals surface area contributed by atoms with Gasteiger partial charge in [-0.15, -0.1) is 0 Å². The first-order valence-corrected chi connectivity index (χ1v) is 7.78. The van der Waals surface area contributed by atoms with Crippen LogP contribution in [0.15, 0.2) is 22.7 Å². The van der Waals surface area contributed by atoms with Crippen molar-refractivity contribution in [2.24, 2.45) is 0 Å². The average molecular weight is 300 g/mol. The third kappa shape index (κ3) is 2.16. The van der Waals surface area contributed by atoms with E-state index in [-0.39, 0.29) is 0 Å². The van der Waals surface area contributed by atoms with Gasteiger partial charge in [0.25, 0.3) is 0 Å². The van der Waals surface area contributed by atoms with Crippen LogP contribution in [0.1, 0.15) is 41.5 Å². The molecule has 0 spiro atoms. The van der Waals surface area contributed by atoms with Crippen LogP contribution in [-0.4, -0.2) is 23.4 Å². The van der Waals surface area contributed by atoms with Gasteiger partial charge in [0, 0.05) is 23.7 Å². The smallest absolute Gasteiger partial charge is 0.231 e. The molecule has 116 valence electrons. The van der Waals surface area contributed by atoms with Crippen molar-refractivity contribution in [3.8, 4) is 11.5 Å². The van der Waals surface area contributed by atoms with Gasteiger partial charge in [0.05, 0.1) is 5.69 Å². The molecule has 5 nitrogen and oxygen atoms in total. The minimum Gasteiger partial charge on any atom is -0.454 e. The fourth-order valence-corrected chi connectivity index (χ4v) is 3.64. The highest BCUT2D eigenvalue weighted by atomic mass is 16.7. The summed E-state index contributed by atoms with van der Waals surface area (Å²) >= 11 is 0. The number of aromatic nitrogens is 1. The Bertz CT molecular complexity index is 676. The molecule has 2 aromatic rings. The zero-order valence-electron chi connectivity index (χ0n) is 13.0. The van der Waals surface area contributed by atoms with Gasteiger partial charge in [-0.1, -0.05) is 17.3 Å².